The molecule has 0 amide bonds. The molecule has 0 unspecified atom stereocenters. The van der Waals surface area contributed by atoms with Gasteiger partial charge in [-0.1, -0.05) is 13.8 Å². The molecule has 0 fully saturated rings. The van der Waals surface area contributed by atoms with Gasteiger partial charge in [-0.2, -0.15) is 11.3 Å². The molecule has 0 aliphatic rings. The Morgan fingerprint density at radius 1 is 1.30 bits per heavy atom. The van der Waals surface area contributed by atoms with Gasteiger partial charge in [-0.15, -0.1) is 0 Å². The first-order chi connectivity index (χ1) is 9.65. The van der Waals surface area contributed by atoms with Crippen molar-refractivity contribution in [2.45, 2.75) is 33.5 Å². The summed E-state index contributed by atoms with van der Waals surface area (Å²) in [4.78, 5) is 2.28. The van der Waals surface area contributed by atoms with Crippen LogP contribution in [-0.2, 0) is 19.6 Å². The Balaban J connectivity index is 1.84. The molecule has 110 valence electrons. The van der Waals surface area contributed by atoms with E-state index in [2.05, 4.69) is 54.0 Å². The van der Waals surface area contributed by atoms with Gasteiger partial charge in [0, 0.05) is 18.7 Å². The second kappa shape index (κ2) is 7.62. The number of furan rings is 1. The van der Waals surface area contributed by atoms with Gasteiger partial charge in [0.1, 0.15) is 5.76 Å². The van der Waals surface area contributed by atoms with Crippen LogP contribution in [0, 0.1) is 5.92 Å². The van der Waals surface area contributed by atoms with E-state index < -0.39 is 0 Å². The Morgan fingerprint density at radius 3 is 2.85 bits per heavy atom. The summed E-state index contributed by atoms with van der Waals surface area (Å²) in [6, 6.07) is 4.25. The van der Waals surface area contributed by atoms with Gasteiger partial charge < -0.3 is 9.73 Å². The van der Waals surface area contributed by atoms with Gasteiger partial charge >= 0.3 is 0 Å². The van der Waals surface area contributed by atoms with Crippen molar-refractivity contribution in [2.24, 2.45) is 5.92 Å². The fourth-order valence-corrected chi connectivity index (χ4v) is 2.81. The molecule has 0 saturated heterocycles. The predicted molar refractivity (Wildman–Crippen MR) is 84.7 cm³/mol. The van der Waals surface area contributed by atoms with Gasteiger partial charge in [0.15, 0.2) is 0 Å². The van der Waals surface area contributed by atoms with Crippen LogP contribution in [0.25, 0.3) is 0 Å². The maximum absolute atomic E-state index is 5.63. The lowest BCUT2D eigenvalue weighted by molar-refractivity contribution is 0.286. The van der Waals surface area contributed by atoms with Crippen LogP contribution >= 0.6 is 11.3 Å². The highest BCUT2D eigenvalue weighted by atomic mass is 32.1. The first-order valence-corrected chi connectivity index (χ1v) is 8.05. The molecule has 0 aliphatic carbocycles. The molecule has 2 aromatic rings. The zero-order chi connectivity index (χ0) is 14.4. The Bertz CT molecular complexity index is 490. The average Bonchev–Trinajstić information content (AvgIpc) is 3.01. The molecule has 0 atom stereocenters. The highest BCUT2D eigenvalue weighted by Gasteiger charge is 2.10. The first-order valence-electron chi connectivity index (χ1n) is 7.10. The van der Waals surface area contributed by atoms with E-state index >= 15 is 0 Å². The van der Waals surface area contributed by atoms with Gasteiger partial charge in [0.05, 0.1) is 12.8 Å². The van der Waals surface area contributed by atoms with E-state index in [4.69, 9.17) is 4.42 Å². The lowest BCUT2D eigenvalue weighted by atomic mass is 10.2. The standard InChI is InChI=1S/C16H24N2OS/c1-13(2)8-17-9-15-4-6-19-16(15)11-18(3)10-14-5-7-20-12-14/h4-7,12-13,17H,8-11H2,1-3H3. The van der Waals surface area contributed by atoms with Crippen molar-refractivity contribution >= 4 is 11.3 Å². The minimum atomic E-state index is 0.673. The molecule has 0 bridgehead atoms. The normalized spacial score (nSPS) is 11.7. The lowest BCUT2D eigenvalue weighted by Crippen LogP contribution is -2.21. The van der Waals surface area contributed by atoms with Crippen molar-refractivity contribution in [1.29, 1.82) is 0 Å². The van der Waals surface area contributed by atoms with Gasteiger partial charge in [0.2, 0.25) is 0 Å². The zero-order valence-corrected chi connectivity index (χ0v) is 13.4. The average molecular weight is 292 g/mol. The molecule has 0 aromatic carbocycles. The van der Waals surface area contributed by atoms with Crippen molar-refractivity contribution in [3.63, 3.8) is 0 Å². The maximum Gasteiger partial charge on any atom is 0.122 e. The van der Waals surface area contributed by atoms with E-state index in [-0.39, 0.29) is 0 Å². The number of hydrogen-bond acceptors (Lipinski definition) is 4. The quantitative estimate of drug-likeness (QED) is 0.804. The van der Waals surface area contributed by atoms with Crippen LogP contribution in [-0.4, -0.2) is 18.5 Å². The maximum atomic E-state index is 5.63. The van der Waals surface area contributed by atoms with Gasteiger partial charge in [0.25, 0.3) is 0 Å². The molecule has 2 aromatic heterocycles. The molecule has 0 saturated carbocycles. The molecule has 3 nitrogen and oxygen atoms in total. The van der Waals surface area contributed by atoms with Crippen LogP contribution in [0.2, 0.25) is 0 Å². The van der Waals surface area contributed by atoms with Crippen molar-refractivity contribution in [3.05, 3.63) is 46.0 Å². The molecule has 2 heterocycles. The Hall–Kier alpha value is -1.10. The molecule has 4 heteroatoms. The highest BCUT2D eigenvalue weighted by molar-refractivity contribution is 7.07. The topological polar surface area (TPSA) is 28.4 Å². The summed E-state index contributed by atoms with van der Waals surface area (Å²) in [5, 5.41) is 7.79. The molecule has 1 N–H and O–H groups in total. The molecular weight excluding hydrogens is 268 g/mol. The number of thiophene rings is 1. The summed E-state index contributed by atoms with van der Waals surface area (Å²) in [6.45, 7) is 8.17. The third kappa shape index (κ3) is 4.78. The smallest absolute Gasteiger partial charge is 0.122 e. The summed E-state index contributed by atoms with van der Waals surface area (Å²) >= 11 is 1.75. The number of hydrogen-bond donors (Lipinski definition) is 1. The Morgan fingerprint density at radius 2 is 2.15 bits per heavy atom. The lowest BCUT2D eigenvalue weighted by Gasteiger charge is -2.15. The van der Waals surface area contributed by atoms with E-state index in [1.165, 1.54) is 11.1 Å². The number of rotatable bonds is 8. The summed E-state index contributed by atoms with van der Waals surface area (Å²) in [7, 11) is 2.13. The SMILES string of the molecule is CC(C)CNCc1ccoc1CN(C)Cc1ccsc1. The Kier molecular flexibility index (Phi) is 5.83. The third-order valence-electron chi connectivity index (χ3n) is 3.15. The summed E-state index contributed by atoms with van der Waals surface area (Å²) in [6.07, 6.45) is 1.79. The minimum absolute atomic E-state index is 0.673. The molecular formula is C16H24N2OS. The van der Waals surface area contributed by atoms with Gasteiger partial charge in [-0.05, 0) is 48.0 Å². The van der Waals surface area contributed by atoms with Gasteiger partial charge in [-0.25, -0.2) is 0 Å². The summed E-state index contributed by atoms with van der Waals surface area (Å²) < 4.78 is 5.63. The fraction of sp³-hybridized carbons (Fsp3) is 0.500. The minimum Gasteiger partial charge on any atom is -0.468 e. The van der Waals surface area contributed by atoms with Crippen molar-refractivity contribution < 1.29 is 4.42 Å². The third-order valence-corrected chi connectivity index (χ3v) is 3.88. The largest absolute Gasteiger partial charge is 0.468 e. The second-order valence-corrected chi connectivity index (χ2v) is 6.48. The number of nitrogens with one attached hydrogen (secondary N) is 1. The van der Waals surface area contributed by atoms with Crippen molar-refractivity contribution in [1.82, 2.24) is 10.2 Å². The monoisotopic (exact) mass is 292 g/mol. The van der Waals surface area contributed by atoms with Crippen LogP contribution in [0.15, 0.2) is 33.6 Å². The molecule has 0 spiro atoms. The van der Waals surface area contributed by atoms with Gasteiger partial charge in [-0.3, -0.25) is 4.90 Å². The zero-order valence-electron chi connectivity index (χ0n) is 12.6. The number of nitrogens with zero attached hydrogens (tertiary/aromatic N) is 1. The molecule has 0 radical (unpaired) electrons. The van der Waals surface area contributed by atoms with Crippen LogP contribution in [0.1, 0.15) is 30.7 Å². The molecule has 20 heavy (non-hydrogen) atoms. The van der Waals surface area contributed by atoms with Crippen molar-refractivity contribution in [3.8, 4) is 0 Å². The van der Waals surface area contributed by atoms with Crippen LogP contribution in [0.3, 0.4) is 0 Å². The van der Waals surface area contributed by atoms with E-state index in [0.717, 1.165) is 31.9 Å². The fourth-order valence-electron chi connectivity index (χ4n) is 2.15. The highest BCUT2D eigenvalue weighted by Crippen LogP contribution is 2.15. The van der Waals surface area contributed by atoms with E-state index in [1.54, 1.807) is 17.6 Å². The van der Waals surface area contributed by atoms with E-state index in [0.29, 0.717) is 5.92 Å². The summed E-state index contributed by atoms with van der Waals surface area (Å²) in [5.41, 5.74) is 2.63. The first kappa shape index (κ1) is 15.3. The van der Waals surface area contributed by atoms with E-state index in [9.17, 15) is 0 Å². The van der Waals surface area contributed by atoms with Crippen molar-refractivity contribution in [2.75, 3.05) is 13.6 Å². The summed E-state index contributed by atoms with van der Waals surface area (Å²) in [5.74, 6) is 1.74. The molecule has 0 aliphatic heterocycles. The van der Waals surface area contributed by atoms with Crippen LogP contribution in [0.4, 0.5) is 0 Å². The Labute approximate surface area is 125 Å². The molecule has 2 rings (SSSR count). The van der Waals surface area contributed by atoms with Crippen LogP contribution < -0.4 is 5.32 Å². The second-order valence-electron chi connectivity index (χ2n) is 5.70. The van der Waals surface area contributed by atoms with Crippen LogP contribution in [0.5, 0.6) is 0 Å². The van der Waals surface area contributed by atoms with E-state index in [1.807, 2.05) is 0 Å². The predicted octanol–water partition coefficient (Wildman–Crippen LogP) is 3.72.